The summed E-state index contributed by atoms with van der Waals surface area (Å²) < 4.78 is 28.0. The Balaban J connectivity index is 1.55. The van der Waals surface area contributed by atoms with Gasteiger partial charge in [-0.2, -0.15) is 0 Å². The summed E-state index contributed by atoms with van der Waals surface area (Å²) in [6.45, 7) is -1.45. The summed E-state index contributed by atoms with van der Waals surface area (Å²) in [7, 11) is 0. The molecule has 0 bridgehead atoms. The van der Waals surface area contributed by atoms with Crippen molar-refractivity contribution in [1.29, 1.82) is 0 Å². The lowest BCUT2D eigenvalue weighted by Crippen LogP contribution is -2.60. The Morgan fingerprint density at radius 3 is 1.88 bits per heavy atom. The fourth-order valence-electron chi connectivity index (χ4n) is 4.74. The van der Waals surface area contributed by atoms with E-state index in [1.165, 1.54) is 24.3 Å². The highest BCUT2D eigenvalue weighted by atomic mass is 16.7. The molecule has 0 aliphatic carbocycles. The zero-order valence-corrected chi connectivity index (χ0v) is 21.7. The number of phenolic OH excluding ortho intramolecular Hbond substituents is 1. The van der Waals surface area contributed by atoms with Gasteiger partial charge in [0.2, 0.25) is 23.8 Å². The smallest absolute Gasteiger partial charge is 0.235 e. The molecule has 2 aromatic carbocycles. The van der Waals surface area contributed by atoms with Gasteiger partial charge in [0, 0.05) is 5.56 Å². The van der Waals surface area contributed by atoms with Crippen LogP contribution in [0.1, 0.15) is 0 Å². The van der Waals surface area contributed by atoms with Crippen LogP contribution in [0.4, 0.5) is 0 Å². The van der Waals surface area contributed by atoms with Crippen molar-refractivity contribution in [2.24, 2.45) is 0 Å². The van der Waals surface area contributed by atoms with Gasteiger partial charge in [-0.15, -0.1) is 0 Å². The molecule has 0 saturated carbocycles. The molecule has 10 atom stereocenters. The number of aliphatic hydroxyl groups is 8. The summed E-state index contributed by atoms with van der Waals surface area (Å²) in [5, 5.41) is 90.8. The first-order valence-electron chi connectivity index (χ1n) is 12.9. The van der Waals surface area contributed by atoms with Crippen molar-refractivity contribution >= 4 is 11.0 Å². The number of phenols is 1. The minimum Gasteiger partial charge on any atom is -0.504 e. The molecule has 2 aliphatic heterocycles. The van der Waals surface area contributed by atoms with Crippen LogP contribution in [0.15, 0.2) is 51.7 Å². The minimum absolute atomic E-state index is 0.0647. The highest BCUT2D eigenvalue weighted by molar-refractivity contribution is 5.82. The maximum Gasteiger partial charge on any atom is 0.235 e. The lowest BCUT2D eigenvalue weighted by atomic mass is 9.99. The van der Waals surface area contributed by atoms with Crippen LogP contribution in [0, 0.1) is 0 Å². The lowest BCUT2D eigenvalue weighted by Gasteiger charge is -2.39. The van der Waals surface area contributed by atoms with Crippen molar-refractivity contribution in [3.05, 3.63) is 52.7 Å². The van der Waals surface area contributed by atoms with Gasteiger partial charge in [-0.1, -0.05) is 12.1 Å². The molecule has 2 fully saturated rings. The lowest BCUT2D eigenvalue weighted by molar-refractivity contribution is -0.277. The molecule has 42 heavy (non-hydrogen) atoms. The highest BCUT2D eigenvalue weighted by Gasteiger charge is 2.46. The first-order chi connectivity index (χ1) is 20.0. The van der Waals surface area contributed by atoms with Crippen LogP contribution >= 0.6 is 0 Å². The molecular weight excluding hydrogens is 564 g/mol. The quantitative estimate of drug-likeness (QED) is 0.137. The number of aromatic hydroxyl groups is 1. The third-order valence-corrected chi connectivity index (χ3v) is 7.15. The summed E-state index contributed by atoms with van der Waals surface area (Å²) in [4.78, 5) is 13.6. The van der Waals surface area contributed by atoms with Crippen molar-refractivity contribution in [3.8, 4) is 28.6 Å². The Morgan fingerprint density at radius 1 is 0.714 bits per heavy atom. The number of aliphatic hydroxyl groups excluding tert-OH is 8. The standard InChI is InChI=1S/C27H30O15/c28-8-15-18(32)20(34)22(36)26(40-15)39-14-7-10(5-6-12(14)30)24-25(17(31)11-3-1-2-4-13(11)38-24)42-27-23(37)21(35)19(33)16(9-29)41-27/h1-7,15-16,18-23,26-30,32-37H,8-9H2/t15-,16-,18-,19-,20+,21+,22-,23-,26-,27+/m1/s1. The van der Waals surface area contributed by atoms with Gasteiger partial charge in [0.15, 0.2) is 17.3 Å². The van der Waals surface area contributed by atoms with Gasteiger partial charge >= 0.3 is 0 Å². The van der Waals surface area contributed by atoms with E-state index < -0.39 is 91.6 Å². The van der Waals surface area contributed by atoms with Crippen molar-refractivity contribution < 1.29 is 69.3 Å². The zero-order chi connectivity index (χ0) is 30.3. The fraction of sp³-hybridized carbons (Fsp3) is 0.444. The van der Waals surface area contributed by atoms with Gasteiger partial charge in [0.25, 0.3) is 0 Å². The maximum atomic E-state index is 13.6. The van der Waals surface area contributed by atoms with Gasteiger partial charge in [-0.25, -0.2) is 0 Å². The second-order valence-electron chi connectivity index (χ2n) is 9.90. The number of ether oxygens (including phenoxy) is 4. The molecule has 0 unspecified atom stereocenters. The van der Waals surface area contributed by atoms with Gasteiger partial charge in [-0.05, 0) is 30.3 Å². The van der Waals surface area contributed by atoms with Crippen molar-refractivity contribution in [3.63, 3.8) is 0 Å². The fourth-order valence-corrected chi connectivity index (χ4v) is 4.74. The molecular formula is C27H30O15. The van der Waals surface area contributed by atoms with Gasteiger partial charge in [0.1, 0.15) is 54.4 Å². The molecule has 9 N–H and O–H groups in total. The van der Waals surface area contributed by atoms with E-state index >= 15 is 0 Å². The molecule has 0 spiro atoms. The Kier molecular flexibility index (Phi) is 8.68. The molecule has 2 aliphatic rings. The average molecular weight is 595 g/mol. The number of hydrogen-bond acceptors (Lipinski definition) is 15. The Labute approximate surface area is 236 Å². The van der Waals surface area contributed by atoms with Crippen LogP contribution < -0.4 is 14.9 Å². The molecule has 2 saturated heterocycles. The first-order valence-corrected chi connectivity index (χ1v) is 12.9. The number of rotatable bonds is 7. The van der Waals surface area contributed by atoms with Crippen LogP contribution in [0.25, 0.3) is 22.3 Å². The first kappa shape index (κ1) is 30.1. The molecule has 5 rings (SSSR count). The molecule has 3 aromatic rings. The molecule has 15 heteroatoms. The van der Waals surface area contributed by atoms with Gasteiger partial charge < -0.3 is 69.3 Å². The van der Waals surface area contributed by atoms with Crippen molar-refractivity contribution in [2.75, 3.05) is 13.2 Å². The minimum atomic E-state index is -1.84. The Hall–Kier alpha value is -3.35. The summed E-state index contributed by atoms with van der Waals surface area (Å²) in [5.41, 5.74) is -0.522. The topological polar surface area (TPSA) is 249 Å². The third-order valence-electron chi connectivity index (χ3n) is 7.15. The van der Waals surface area contributed by atoms with Crippen molar-refractivity contribution in [1.82, 2.24) is 0 Å². The van der Waals surface area contributed by atoms with E-state index in [-0.39, 0.29) is 28.0 Å². The molecule has 1 aromatic heterocycles. The van der Waals surface area contributed by atoms with E-state index in [2.05, 4.69) is 0 Å². The van der Waals surface area contributed by atoms with Crippen LogP contribution in [0.2, 0.25) is 0 Å². The summed E-state index contributed by atoms with van der Waals surface area (Å²) in [6, 6.07) is 9.80. The monoisotopic (exact) mass is 594 g/mol. The highest BCUT2D eigenvalue weighted by Crippen LogP contribution is 2.39. The summed E-state index contributed by atoms with van der Waals surface area (Å²) >= 11 is 0. The van der Waals surface area contributed by atoms with Crippen LogP contribution in [-0.4, -0.2) is 121 Å². The van der Waals surface area contributed by atoms with E-state index in [9.17, 15) is 50.8 Å². The SMILES string of the molecule is O=c1c(O[C@@H]2O[C@H](CO)[C@@H](O)[C@H](O)[C@H]2O)c(-c2ccc(O)c(O[C@@H]3O[C@H](CO)[C@@H](O)[C@H](O)[C@H]3O)c2)oc2ccccc12. The number of hydrogen-bond donors (Lipinski definition) is 9. The second kappa shape index (κ2) is 12.1. The van der Waals surface area contributed by atoms with E-state index in [0.29, 0.717) is 0 Å². The predicted molar refractivity (Wildman–Crippen MR) is 138 cm³/mol. The Morgan fingerprint density at radius 2 is 1.29 bits per heavy atom. The van der Waals surface area contributed by atoms with E-state index in [1.807, 2.05) is 0 Å². The number of fused-ring (bicyclic) bond motifs is 1. The molecule has 0 amide bonds. The van der Waals surface area contributed by atoms with Crippen molar-refractivity contribution in [2.45, 2.75) is 61.4 Å². The van der Waals surface area contributed by atoms with E-state index in [0.717, 1.165) is 6.07 Å². The van der Waals surface area contributed by atoms with E-state index in [1.54, 1.807) is 12.1 Å². The van der Waals surface area contributed by atoms with Gasteiger partial charge in [0.05, 0.1) is 18.6 Å². The Bertz CT molecular complexity index is 1460. The summed E-state index contributed by atoms with van der Waals surface area (Å²) in [6.07, 6.45) is -16.4. The number of para-hydroxylation sites is 1. The second-order valence-corrected chi connectivity index (χ2v) is 9.90. The molecule has 15 nitrogen and oxygen atoms in total. The predicted octanol–water partition coefficient (Wildman–Crippen LogP) is -2.48. The maximum absolute atomic E-state index is 13.6. The number of benzene rings is 2. The van der Waals surface area contributed by atoms with E-state index in [4.69, 9.17) is 23.4 Å². The van der Waals surface area contributed by atoms with Gasteiger partial charge in [-0.3, -0.25) is 4.79 Å². The normalized spacial score (nSPS) is 33.4. The third kappa shape index (κ3) is 5.43. The zero-order valence-electron chi connectivity index (χ0n) is 21.7. The molecule has 3 heterocycles. The average Bonchev–Trinajstić information content (AvgIpc) is 2.99. The largest absolute Gasteiger partial charge is 0.504 e. The van der Waals surface area contributed by atoms with Crippen LogP contribution in [-0.2, 0) is 9.47 Å². The molecule has 0 radical (unpaired) electrons. The molecule has 228 valence electrons. The van der Waals surface area contributed by atoms with Crippen LogP contribution in [0.5, 0.6) is 17.2 Å². The van der Waals surface area contributed by atoms with Crippen LogP contribution in [0.3, 0.4) is 0 Å². The summed E-state index contributed by atoms with van der Waals surface area (Å²) in [5.74, 6) is -1.53.